The molecule has 0 aliphatic heterocycles. The van der Waals surface area contributed by atoms with Gasteiger partial charge >= 0.3 is 17.8 Å². The van der Waals surface area contributed by atoms with E-state index in [-0.39, 0.29) is 17.8 Å². The molecule has 0 aliphatic rings. The van der Waals surface area contributed by atoms with Crippen LogP contribution < -0.4 is 10.6 Å². The largest absolute Gasteiger partial charge is 0.472 e. The Morgan fingerprint density at radius 1 is 1.03 bits per heavy atom. The molecular formula is C21H17ClN2O5. The highest BCUT2D eigenvalue weighted by molar-refractivity contribution is 6.40. The lowest BCUT2D eigenvalue weighted by Gasteiger charge is -2.11. The van der Waals surface area contributed by atoms with E-state index in [1.165, 1.54) is 25.3 Å². The molecule has 0 bridgehead atoms. The van der Waals surface area contributed by atoms with Gasteiger partial charge in [0.25, 0.3) is 0 Å². The van der Waals surface area contributed by atoms with Gasteiger partial charge in [-0.3, -0.25) is 9.59 Å². The number of esters is 1. The van der Waals surface area contributed by atoms with Crippen LogP contribution in [0.1, 0.15) is 15.9 Å². The first-order valence-corrected chi connectivity index (χ1v) is 8.94. The van der Waals surface area contributed by atoms with Gasteiger partial charge < -0.3 is 19.8 Å². The fraction of sp³-hybridized carbons (Fsp3) is 0.0952. The van der Waals surface area contributed by atoms with E-state index >= 15 is 0 Å². The summed E-state index contributed by atoms with van der Waals surface area (Å²) in [6, 6.07) is 13.6. The molecule has 0 aliphatic carbocycles. The number of carbonyl (C=O) groups excluding carboxylic acids is 3. The number of furan rings is 1. The molecule has 1 heterocycles. The molecule has 0 saturated heterocycles. The van der Waals surface area contributed by atoms with E-state index in [0.29, 0.717) is 5.02 Å². The molecule has 0 radical (unpaired) electrons. The summed E-state index contributed by atoms with van der Waals surface area (Å²) in [4.78, 5) is 36.2. The van der Waals surface area contributed by atoms with Crippen LogP contribution in [-0.2, 0) is 20.9 Å². The van der Waals surface area contributed by atoms with Crippen LogP contribution in [0.3, 0.4) is 0 Å². The first-order valence-electron chi connectivity index (χ1n) is 8.56. The number of rotatable bonds is 5. The molecule has 3 rings (SSSR count). The molecule has 7 nitrogen and oxygen atoms in total. The summed E-state index contributed by atoms with van der Waals surface area (Å²) in [5.41, 5.74) is 2.83. The van der Waals surface area contributed by atoms with Crippen molar-refractivity contribution < 1.29 is 23.5 Å². The molecule has 2 N–H and O–H groups in total. The molecule has 148 valence electrons. The van der Waals surface area contributed by atoms with Crippen LogP contribution in [0.4, 0.5) is 5.69 Å². The van der Waals surface area contributed by atoms with E-state index in [4.69, 9.17) is 16.0 Å². The fourth-order valence-corrected chi connectivity index (χ4v) is 2.81. The Bertz CT molecular complexity index is 1050. The molecule has 1 aromatic heterocycles. The van der Waals surface area contributed by atoms with E-state index in [1.54, 1.807) is 12.5 Å². The second-order valence-electron chi connectivity index (χ2n) is 6.03. The Morgan fingerprint density at radius 2 is 1.86 bits per heavy atom. The van der Waals surface area contributed by atoms with E-state index in [2.05, 4.69) is 15.4 Å². The summed E-state index contributed by atoms with van der Waals surface area (Å²) in [6.45, 7) is 0.155. The number of hydrogen-bond acceptors (Lipinski definition) is 5. The van der Waals surface area contributed by atoms with Crippen molar-refractivity contribution in [2.45, 2.75) is 6.54 Å². The Balaban J connectivity index is 1.64. The maximum absolute atomic E-state index is 12.2. The lowest BCUT2D eigenvalue weighted by atomic mass is 10.1. The van der Waals surface area contributed by atoms with Gasteiger partial charge in [-0.15, -0.1) is 0 Å². The SMILES string of the molecule is COC(=O)c1cc(Cl)ccc1NC(=O)C(=O)NCc1cccc(-c2ccoc2)c1. The molecule has 0 spiro atoms. The summed E-state index contributed by atoms with van der Waals surface area (Å²) in [7, 11) is 1.21. The van der Waals surface area contributed by atoms with E-state index in [0.717, 1.165) is 16.7 Å². The van der Waals surface area contributed by atoms with Crippen LogP contribution in [0.25, 0.3) is 11.1 Å². The second-order valence-corrected chi connectivity index (χ2v) is 6.47. The number of carbonyl (C=O) groups is 3. The minimum absolute atomic E-state index is 0.0500. The summed E-state index contributed by atoms with van der Waals surface area (Å²) in [5.74, 6) is -2.44. The average Bonchev–Trinajstić information content (AvgIpc) is 3.27. The molecule has 0 atom stereocenters. The van der Waals surface area contributed by atoms with Crippen molar-refractivity contribution in [3.05, 3.63) is 77.2 Å². The predicted molar refractivity (Wildman–Crippen MR) is 107 cm³/mol. The maximum Gasteiger partial charge on any atom is 0.340 e. The topological polar surface area (TPSA) is 97.6 Å². The zero-order chi connectivity index (χ0) is 20.8. The van der Waals surface area contributed by atoms with Crippen molar-refractivity contribution in [1.29, 1.82) is 0 Å². The molecule has 2 aromatic carbocycles. The Morgan fingerprint density at radius 3 is 2.59 bits per heavy atom. The zero-order valence-corrected chi connectivity index (χ0v) is 16.2. The number of ether oxygens (including phenoxy) is 1. The number of hydrogen-bond donors (Lipinski definition) is 2. The third kappa shape index (κ3) is 5.03. The van der Waals surface area contributed by atoms with E-state index < -0.39 is 17.8 Å². The van der Waals surface area contributed by atoms with Crippen molar-refractivity contribution in [3.8, 4) is 11.1 Å². The lowest BCUT2D eigenvalue weighted by molar-refractivity contribution is -0.136. The Hall–Kier alpha value is -3.58. The van der Waals surface area contributed by atoms with Crippen molar-refractivity contribution in [2.75, 3.05) is 12.4 Å². The Kier molecular flexibility index (Phi) is 6.31. The number of nitrogens with one attached hydrogen (secondary N) is 2. The maximum atomic E-state index is 12.2. The van der Waals surface area contributed by atoms with Gasteiger partial charge in [0, 0.05) is 17.1 Å². The summed E-state index contributed by atoms with van der Waals surface area (Å²) in [6.07, 6.45) is 3.20. The number of anilines is 1. The van der Waals surface area contributed by atoms with Crippen LogP contribution in [0, 0.1) is 0 Å². The smallest absolute Gasteiger partial charge is 0.340 e. The normalized spacial score (nSPS) is 10.3. The van der Waals surface area contributed by atoms with Crippen molar-refractivity contribution in [1.82, 2.24) is 5.32 Å². The van der Waals surface area contributed by atoms with Crippen molar-refractivity contribution >= 4 is 35.1 Å². The second kappa shape index (κ2) is 9.07. The van der Waals surface area contributed by atoms with Crippen molar-refractivity contribution in [3.63, 3.8) is 0 Å². The summed E-state index contributed by atoms with van der Waals surface area (Å²) < 4.78 is 9.74. The number of halogens is 1. The van der Waals surface area contributed by atoms with Crippen LogP contribution in [0.5, 0.6) is 0 Å². The van der Waals surface area contributed by atoms with E-state index in [1.807, 2.05) is 30.3 Å². The summed E-state index contributed by atoms with van der Waals surface area (Å²) in [5, 5.41) is 5.25. The molecular weight excluding hydrogens is 396 g/mol. The number of benzene rings is 2. The van der Waals surface area contributed by atoms with Gasteiger partial charge in [0.15, 0.2) is 0 Å². The predicted octanol–water partition coefficient (Wildman–Crippen LogP) is 3.64. The molecule has 2 amide bonds. The van der Waals surface area contributed by atoms with E-state index in [9.17, 15) is 14.4 Å². The lowest BCUT2D eigenvalue weighted by Crippen LogP contribution is -2.35. The molecule has 29 heavy (non-hydrogen) atoms. The average molecular weight is 413 g/mol. The van der Waals surface area contributed by atoms with Crippen LogP contribution in [0.2, 0.25) is 5.02 Å². The minimum Gasteiger partial charge on any atom is -0.472 e. The van der Waals surface area contributed by atoms with Gasteiger partial charge in [0.05, 0.1) is 30.9 Å². The quantitative estimate of drug-likeness (QED) is 0.492. The van der Waals surface area contributed by atoms with Gasteiger partial charge in [-0.2, -0.15) is 0 Å². The molecule has 0 fully saturated rings. The third-order valence-corrected chi connectivity index (χ3v) is 4.31. The fourth-order valence-electron chi connectivity index (χ4n) is 2.64. The van der Waals surface area contributed by atoms with Gasteiger partial charge in [-0.1, -0.05) is 29.8 Å². The van der Waals surface area contributed by atoms with Crippen LogP contribution in [-0.4, -0.2) is 24.9 Å². The zero-order valence-electron chi connectivity index (χ0n) is 15.4. The summed E-state index contributed by atoms with van der Waals surface area (Å²) >= 11 is 5.88. The first kappa shape index (κ1) is 20.2. The number of amides is 2. The standard InChI is InChI=1S/C21H17ClN2O5/c1-28-21(27)17-10-16(22)5-6-18(17)24-20(26)19(25)23-11-13-3-2-4-14(9-13)15-7-8-29-12-15/h2-10,12H,11H2,1H3,(H,23,25)(H,24,26). The van der Waals surface area contributed by atoms with Gasteiger partial charge in [-0.25, -0.2) is 4.79 Å². The van der Waals surface area contributed by atoms with Gasteiger partial charge in [0.1, 0.15) is 0 Å². The molecule has 8 heteroatoms. The highest BCUT2D eigenvalue weighted by Gasteiger charge is 2.19. The highest BCUT2D eigenvalue weighted by Crippen LogP contribution is 2.22. The Labute approximate surface area is 171 Å². The van der Waals surface area contributed by atoms with Gasteiger partial charge in [-0.05, 0) is 41.5 Å². The molecule has 3 aromatic rings. The van der Waals surface area contributed by atoms with Crippen molar-refractivity contribution in [2.24, 2.45) is 0 Å². The monoisotopic (exact) mass is 412 g/mol. The van der Waals surface area contributed by atoms with Crippen LogP contribution >= 0.6 is 11.6 Å². The van der Waals surface area contributed by atoms with Crippen LogP contribution in [0.15, 0.2) is 65.5 Å². The highest BCUT2D eigenvalue weighted by atomic mass is 35.5. The molecule has 0 unspecified atom stereocenters. The first-order chi connectivity index (χ1) is 14.0. The molecule has 0 saturated carbocycles. The number of methoxy groups -OCH3 is 1. The minimum atomic E-state index is -0.913. The third-order valence-electron chi connectivity index (χ3n) is 4.08. The van der Waals surface area contributed by atoms with Gasteiger partial charge in [0.2, 0.25) is 0 Å².